The summed E-state index contributed by atoms with van der Waals surface area (Å²) in [6, 6.07) is 17.9. The molecule has 3 aromatic carbocycles. The SMILES string of the molecule is COc1cc(OC)cc(C(=O)OC(C(=O)Nc2cc(Cl)cc(Cl)c2)c2ccccc2)c1. The van der Waals surface area contributed by atoms with E-state index in [2.05, 4.69) is 5.32 Å². The minimum absolute atomic E-state index is 0.177. The van der Waals surface area contributed by atoms with E-state index in [0.29, 0.717) is 32.8 Å². The summed E-state index contributed by atoms with van der Waals surface area (Å²) in [5.74, 6) is -0.445. The Morgan fingerprint density at radius 2 is 1.42 bits per heavy atom. The zero-order chi connectivity index (χ0) is 22.4. The van der Waals surface area contributed by atoms with Gasteiger partial charge < -0.3 is 19.5 Å². The van der Waals surface area contributed by atoms with E-state index in [0.717, 1.165) is 0 Å². The molecule has 1 N–H and O–H groups in total. The smallest absolute Gasteiger partial charge is 0.339 e. The molecule has 0 fully saturated rings. The van der Waals surface area contributed by atoms with Crippen molar-refractivity contribution in [2.45, 2.75) is 6.10 Å². The normalized spacial score (nSPS) is 11.4. The number of amides is 1. The summed E-state index contributed by atoms with van der Waals surface area (Å²) in [7, 11) is 2.94. The molecule has 160 valence electrons. The average molecular weight is 460 g/mol. The van der Waals surface area contributed by atoms with E-state index in [1.807, 2.05) is 0 Å². The van der Waals surface area contributed by atoms with Gasteiger partial charge in [-0.15, -0.1) is 0 Å². The summed E-state index contributed by atoms with van der Waals surface area (Å²) in [5.41, 5.74) is 1.05. The third-order valence-electron chi connectivity index (χ3n) is 4.28. The highest BCUT2D eigenvalue weighted by atomic mass is 35.5. The van der Waals surface area contributed by atoms with Gasteiger partial charge in [0.15, 0.2) is 0 Å². The van der Waals surface area contributed by atoms with E-state index in [9.17, 15) is 9.59 Å². The predicted molar refractivity (Wildman–Crippen MR) is 119 cm³/mol. The highest BCUT2D eigenvalue weighted by Gasteiger charge is 2.26. The second-order valence-electron chi connectivity index (χ2n) is 6.44. The minimum Gasteiger partial charge on any atom is -0.497 e. The maximum atomic E-state index is 13.0. The highest BCUT2D eigenvalue weighted by Crippen LogP contribution is 2.27. The topological polar surface area (TPSA) is 73.9 Å². The molecule has 1 unspecified atom stereocenters. The molecule has 0 bridgehead atoms. The molecule has 0 radical (unpaired) electrons. The van der Waals surface area contributed by atoms with E-state index < -0.39 is 18.0 Å². The fourth-order valence-corrected chi connectivity index (χ4v) is 3.36. The van der Waals surface area contributed by atoms with Crippen LogP contribution in [0.5, 0.6) is 11.5 Å². The lowest BCUT2D eigenvalue weighted by molar-refractivity contribution is -0.125. The summed E-state index contributed by atoms with van der Waals surface area (Å²) in [6.07, 6.45) is -1.22. The third kappa shape index (κ3) is 5.90. The van der Waals surface area contributed by atoms with Crippen LogP contribution < -0.4 is 14.8 Å². The third-order valence-corrected chi connectivity index (χ3v) is 4.72. The Morgan fingerprint density at radius 1 is 0.839 bits per heavy atom. The van der Waals surface area contributed by atoms with Crippen molar-refractivity contribution in [2.24, 2.45) is 0 Å². The molecule has 0 spiro atoms. The molecule has 6 nitrogen and oxygen atoms in total. The van der Waals surface area contributed by atoms with Gasteiger partial charge in [0.1, 0.15) is 11.5 Å². The van der Waals surface area contributed by atoms with Crippen molar-refractivity contribution < 1.29 is 23.8 Å². The molecule has 0 aliphatic rings. The first-order valence-electron chi connectivity index (χ1n) is 9.15. The van der Waals surface area contributed by atoms with E-state index >= 15 is 0 Å². The number of hydrogen-bond donors (Lipinski definition) is 1. The Kier molecular flexibility index (Phi) is 7.39. The van der Waals surface area contributed by atoms with Crippen molar-refractivity contribution in [3.05, 3.63) is 87.9 Å². The van der Waals surface area contributed by atoms with Gasteiger partial charge in [-0.25, -0.2) is 4.79 Å². The lowest BCUT2D eigenvalue weighted by Crippen LogP contribution is -2.26. The summed E-state index contributed by atoms with van der Waals surface area (Å²) in [6.45, 7) is 0. The van der Waals surface area contributed by atoms with Gasteiger partial charge in [0.05, 0.1) is 19.8 Å². The van der Waals surface area contributed by atoms with Crippen LogP contribution in [0, 0.1) is 0 Å². The lowest BCUT2D eigenvalue weighted by atomic mass is 10.1. The summed E-state index contributed by atoms with van der Waals surface area (Å²) >= 11 is 12.0. The van der Waals surface area contributed by atoms with Crippen LogP contribution >= 0.6 is 23.2 Å². The van der Waals surface area contributed by atoms with E-state index in [-0.39, 0.29) is 5.56 Å². The summed E-state index contributed by atoms with van der Waals surface area (Å²) in [5, 5.41) is 3.41. The Bertz CT molecular complexity index is 1050. The van der Waals surface area contributed by atoms with Gasteiger partial charge >= 0.3 is 5.97 Å². The molecule has 1 amide bonds. The van der Waals surface area contributed by atoms with Crippen molar-refractivity contribution >= 4 is 40.8 Å². The Hall–Kier alpha value is -3.22. The number of nitrogens with one attached hydrogen (secondary N) is 1. The monoisotopic (exact) mass is 459 g/mol. The first kappa shape index (κ1) is 22.5. The van der Waals surface area contributed by atoms with Crippen molar-refractivity contribution in [3.63, 3.8) is 0 Å². The van der Waals surface area contributed by atoms with Crippen LogP contribution in [-0.2, 0) is 9.53 Å². The predicted octanol–water partition coefficient (Wildman–Crippen LogP) is 5.55. The number of anilines is 1. The fraction of sp³-hybridized carbons (Fsp3) is 0.130. The summed E-state index contributed by atoms with van der Waals surface area (Å²) < 4.78 is 16.0. The quantitative estimate of drug-likeness (QED) is 0.469. The van der Waals surface area contributed by atoms with Gasteiger partial charge in [0.2, 0.25) is 6.10 Å². The molecule has 0 aliphatic carbocycles. The van der Waals surface area contributed by atoms with Gasteiger partial charge in [0.25, 0.3) is 5.91 Å². The molecule has 0 saturated heterocycles. The number of methoxy groups -OCH3 is 2. The lowest BCUT2D eigenvalue weighted by Gasteiger charge is -2.19. The molecule has 1 atom stereocenters. The number of ether oxygens (including phenoxy) is 3. The molecule has 0 aromatic heterocycles. The maximum absolute atomic E-state index is 13.0. The van der Waals surface area contributed by atoms with Crippen LogP contribution in [0.2, 0.25) is 10.0 Å². The van der Waals surface area contributed by atoms with Crippen LogP contribution in [0.3, 0.4) is 0 Å². The number of rotatable bonds is 7. The largest absolute Gasteiger partial charge is 0.497 e. The zero-order valence-electron chi connectivity index (χ0n) is 16.7. The minimum atomic E-state index is -1.22. The van der Waals surface area contributed by atoms with Gasteiger partial charge in [0, 0.05) is 27.4 Å². The first-order valence-corrected chi connectivity index (χ1v) is 9.91. The fourth-order valence-electron chi connectivity index (χ4n) is 2.83. The van der Waals surface area contributed by atoms with Crippen molar-refractivity contribution in [1.82, 2.24) is 0 Å². The number of esters is 1. The van der Waals surface area contributed by atoms with Crippen molar-refractivity contribution in [2.75, 3.05) is 19.5 Å². The second kappa shape index (κ2) is 10.2. The summed E-state index contributed by atoms with van der Waals surface area (Å²) in [4.78, 5) is 25.9. The van der Waals surface area contributed by atoms with Gasteiger partial charge in [-0.3, -0.25) is 4.79 Å². The Balaban J connectivity index is 1.89. The average Bonchev–Trinajstić information content (AvgIpc) is 2.76. The maximum Gasteiger partial charge on any atom is 0.339 e. The molecule has 0 saturated carbocycles. The van der Waals surface area contributed by atoms with Gasteiger partial charge in [-0.1, -0.05) is 53.5 Å². The van der Waals surface area contributed by atoms with Crippen LogP contribution in [0.15, 0.2) is 66.7 Å². The standard InChI is InChI=1S/C23H19Cl2NO5/c1-29-19-8-15(9-20(13-19)30-2)23(28)31-21(14-6-4-3-5-7-14)22(27)26-18-11-16(24)10-17(25)12-18/h3-13,21H,1-2H3,(H,26,27). The Morgan fingerprint density at radius 3 is 1.97 bits per heavy atom. The molecule has 3 aromatic rings. The Labute approximate surface area is 189 Å². The van der Waals surface area contributed by atoms with Crippen molar-refractivity contribution in [3.8, 4) is 11.5 Å². The first-order chi connectivity index (χ1) is 14.9. The molecule has 8 heteroatoms. The molecular weight excluding hydrogens is 441 g/mol. The van der Waals surface area contributed by atoms with Crippen LogP contribution in [0.25, 0.3) is 0 Å². The molecule has 3 rings (SSSR count). The number of carbonyl (C=O) groups is 2. The van der Waals surface area contributed by atoms with Crippen LogP contribution in [-0.4, -0.2) is 26.1 Å². The van der Waals surface area contributed by atoms with Crippen LogP contribution in [0.4, 0.5) is 5.69 Å². The number of benzene rings is 3. The number of carbonyl (C=O) groups excluding carboxylic acids is 2. The van der Waals surface area contributed by atoms with Crippen molar-refractivity contribution in [1.29, 1.82) is 0 Å². The molecule has 0 heterocycles. The molecule has 31 heavy (non-hydrogen) atoms. The van der Waals surface area contributed by atoms with E-state index in [1.54, 1.807) is 54.6 Å². The second-order valence-corrected chi connectivity index (χ2v) is 7.32. The van der Waals surface area contributed by atoms with Crippen LogP contribution in [0.1, 0.15) is 22.0 Å². The van der Waals surface area contributed by atoms with Gasteiger partial charge in [-0.05, 0) is 30.3 Å². The van der Waals surface area contributed by atoms with E-state index in [1.165, 1.54) is 26.4 Å². The van der Waals surface area contributed by atoms with Gasteiger partial charge in [-0.2, -0.15) is 0 Å². The molecule has 0 aliphatic heterocycles. The number of halogens is 2. The number of hydrogen-bond acceptors (Lipinski definition) is 5. The highest BCUT2D eigenvalue weighted by molar-refractivity contribution is 6.35. The van der Waals surface area contributed by atoms with E-state index in [4.69, 9.17) is 37.4 Å². The molecular formula is C23H19Cl2NO5. The zero-order valence-corrected chi connectivity index (χ0v) is 18.2.